The number of nitrogens with zero attached hydrogens (tertiary/aromatic N) is 1. The Balaban J connectivity index is 2.35. The van der Waals surface area contributed by atoms with Gasteiger partial charge in [-0.05, 0) is 18.2 Å². The number of fused-ring (bicyclic) bond motifs is 1. The molecule has 0 amide bonds. The van der Waals surface area contributed by atoms with Crippen LogP contribution in [0.25, 0.3) is 11.0 Å². The molecule has 0 fully saturated rings. The number of nitrogens with one attached hydrogen (secondary N) is 2. The number of carbonyl (C=O) groups is 1. The Labute approximate surface area is 90.7 Å². The lowest BCUT2D eigenvalue weighted by Gasteiger charge is -1.97. The third kappa shape index (κ3) is 1.86. The lowest BCUT2D eigenvalue weighted by atomic mass is 10.1. The van der Waals surface area contributed by atoms with Crippen molar-refractivity contribution in [3.05, 3.63) is 34.2 Å². The van der Waals surface area contributed by atoms with Crippen LogP contribution in [0.3, 0.4) is 0 Å². The zero-order valence-corrected chi connectivity index (χ0v) is 8.41. The summed E-state index contributed by atoms with van der Waals surface area (Å²) < 4.78 is 0. The summed E-state index contributed by atoms with van der Waals surface area (Å²) in [7, 11) is 0. The monoisotopic (exact) mass is 215 g/mol. The molecule has 0 saturated heterocycles. The van der Waals surface area contributed by atoms with Crippen molar-refractivity contribution in [2.75, 3.05) is 0 Å². The summed E-state index contributed by atoms with van der Waals surface area (Å²) in [6.07, 6.45) is 0.414. The van der Waals surface area contributed by atoms with Crippen molar-refractivity contribution in [3.8, 4) is 6.07 Å². The molecule has 5 heteroatoms. The molecule has 1 aromatic heterocycles. The van der Waals surface area contributed by atoms with Gasteiger partial charge in [-0.25, -0.2) is 4.79 Å². The minimum Gasteiger partial charge on any atom is -0.306 e. The smallest absolute Gasteiger partial charge is 0.306 e. The van der Waals surface area contributed by atoms with Crippen LogP contribution in [-0.2, 0) is 0 Å². The number of hydrogen-bond acceptors (Lipinski definition) is 3. The van der Waals surface area contributed by atoms with Gasteiger partial charge in [0, 0.05) is 18.4 Å². The number of hydrogen-bond donors (Lipinski definition) is 2. The largest absolute Gasteiger partial charge is 0.323 e. The molecule has 0 bridgehead atoms. The van der Waals surface area contributed by atoms with Crippen LogP contribution in [0.15, 0.2) is 23.0 Å². The molecule has 2 N–H and O–H groups in total. The highest BCUT2D eigenvalue weighted by atomic mass is 16.1. The van der Waals surface area contributed by atoms with E-state index >= 15 is 0 Å². The van der Waals surface area contributed by atoms with Crippen LogP contribution in [0.4, 0.5) is 0 Å². The molecule has 80 valence electrons. The Morgan fingerprint density at radius 3 is 2.81 bits per heavy atom. The first-order chi connectivity index (χ1) is 7.70. The second-order valence-corrected chi connectivity index (χ2v) is 3.42. The van der Waals surface area contributed by atoms with Crippen molar-refractivity contribution >= 4 is 16.8 Å². The average molecular weight is 215 g/mol. The van der Waals surface area contributed by atoms with E-state index in [2.05, 4.69) is 9.97 Å². The van der Waals surface area contributed by atoms with Crippen molar-refractivity contribution in [1.82, 2.24) is 9.97 Å². The topological polar surface area (TPSA) is 89.5 Å². The first-order valence-corrected chi connectivity index (χ1v) is 4.83. The molecule has 0 aliphatic carbocycles. The predicted molar refractivity (Wildman–Crippen MR) is 58.1 cm³/mol. The highest BCUT2D eigenvalue weighted by molar-refractivity contribution is 5.98. The van der Waals surface area contributed by atoms with Crippen molar-refractivity contribution < 1.29 is 4.79 Å². The van der Waals surface area contributed by atoms with Crippen LogP contribution in [0, 0.1) is 11.3 Å². The van der Waals surface area contributed by atoms with E-state index in [9.17, 15) is 9.59 Å². The Bertz CT molecular complexity index is 630. The maximum atomic E-state index is 11.6. The molecule has 2 rings (SSSR count). The fraction of sp³-hybridized carbons (Fsp3) is 0.182. The van der Waals surface area contributed by atoms with E-state index in [0.717, 1.165) is 0 Å². The maximum absolute atomic E-state index is 11.6. The summed E-state index contributed by atoms with van der Waals surface area (Å²) in [5, 5.41) is 8.38. The van der Waals surface area contributed by atoms with E-state index in [1.54, 1.807) is 18.2 Å². The molecule has 0 aliphatic heterocycles. The third-order valence-electron chi connectivity index (χ3n) is 2.30. The van der Waals surface area contributed by atoms with E-state index in [1.165, 1.54) is 0 Å². The zero-order valence-electron chi connectivity index (χ0n) is 8.41. The number of aromatic amines is 2. The van der Waals surface area contributed by atoms with Crippen LogP contribution in [0.2, 0.25) is 0 Å². The predicted octanol–water partition coefficient (Wildman–Crippen LogP) is 1.34. The number of ketones is 1. The van der Waals surface area contributed by atoms with Gasteiger partial charge in [0.05, 0.1) is 17.1 Å². The van der Waals surface area contributed by atoms with Crippen molar-refractivity contribution in [1.29, 1.82) is 5.26 Å². The molecule has 1 heterocycles. The van der Waals surface area contributed by atoms with E-state index in [1.807, 2.05) is 6.07 Å². The molecule has 0 saturated carbocycles. The summed E-state index contributed by atoms with van der Waals surface area (Å²) in [4.78, 5) is 27.8. The number of Topliss-reactive ketones (excluding diaryl/α,β-unsaturated/α-hetero) is 1. The molecule has 1 aromatic carbocycles. The number of imidazole rings is 1. The van der Waals surface area contributed by atoms with Crippen LogP contribution >= 0.6 is 0 Å². The van der Waals surface area contributed by atoms with Gasteiger partial charge >= 0.3 is 5.69 Å². The summed E-state index contributed by atoms with van der Waals surface area (Å²) in [6, 6.07) is 6.86. The van der Waals surface area contributed by atoms with Gasteiger partial charge in [-0.15, -0.1) is 0 Å². The first kappa shape index (κ1) is 10.2. The highest BCUT2D eigenvalue weighted by Gasteiger charge is 2.07. The highest BCUT2D eigenvalue weighted by Crippen LogP contribution is 2.12. The Morgan fingerprint density at radius 2 is 2.06 bits per heavy atom. The molecule has 5 nitrogen and oxygen atoms in total. The van der Waals surface area contributed by atoms with Gasteiger partial charge in [0.2, 0.25) is 0 Å². The van der Waals surface area contributed by atoms with Gasteiger partial charge < -0.3 is 9.97 Å². The number of carbonyl (C=O) groups excluding carboxylic acids is 1. The fourth-order valence-electron chi connectivity index (χ4n) is 1.52. The number of rotatable bonds is 3. The van der Waals surface area contributed by atoms with Gasteiger partial charge in [0.15, 0.2) is 5.78 Å². The van der Waals surface area contributed by atoms with Gasteiger partial charge in [0.1, 0.15) is 0 Å². The van der Waals surface area contributed by atoms with E-state index in [-0.39, 0.29) is 24.3 Å². The van der Waals surface area contributed by atoms with Crippen LogP contribution in [0.1, 0.15) is 23.2 Å². The number of nitriles is 1. The Hall–Kier alpha value is -2.35. The van der Waals surface area contributed by atoms with Gasteiger partial charge in [-0.1, -0.05) is 0 Å². The molecular formula is C11H9N3O2. The minimum atomic E-state index is -0.295. The number of aromatic nitrogens is 2. The van der Waals surface area contributed by atoms with Gasteiger partial charge in [-0.2, -0.15) is 5.26 Å². The van der Waals surface area contributed by atoms with Crippen molar-refractivity contribution in [2.24, 2.45) is 0 Å². The SMILES string of the molecule is N#CCCC(=O)c1ccc2[nH]c(=O)[nH]c2c1. The normalized spacial score (nSPS) is 10.2. The Kier molecular flexibility index (Phi) is 2.56. The minimum absolute atomic E-state index is 0.0921. The van der Waals surface area contributed by atoms with Crippen LogP contribution in [-0.4, -0.2) is 15.8 Å². The van der Waals surface area contributed by atoms with Crippen molar-refractivity contribution in [3.63, 3.8) is 0 Å². The maximum Gasteiger partial charge on any atom is 0.323 e. The first-order valence-electron chi connectivity index (χ1n) is 4.83. The van der Waals surface area contributed by atoms with E-state index in [0.29, 0.717) is 16.6 Å². The molecule has 0 atom stereocenters. The summed E-state index contributed by atoms with van der Waals surface area (Å²) in [6.45, 7) is 0. The summed E-state index contributed by atoms with van der Waals surface area (Å²) >= 11 is 0. The lowest BCUT2D eigenvalue weighted by Crippen LogP contribution is -1.99. The van der Waals surface area contributed by atoms with Crippen LogP contribution in [0.5, 0.6) is 0 Å². The molecule has 0 radical (unpaired) electrons. The lowest BCUT2D eigenvalue weighted by molar-refractivity contribution is 0.0984. The second kappa shape index (κ2) is 4.03. The second-order valence-electron chi connectivity index (χ2n) is 3.42. The fourth-order valence-corrected chi connectivity index (χ4v) is 1.52. The average Bonchev–Trinajstić information content (AvgIpc) is 2.64. The summed E-state index contributed by atoms with van der Waals surface area (Å²) in [5.74, 6) is -0.0921. The standard InChI is InChI=1S/C11H9N3O2/c12-5-1-2-10(15)7-3-4-8-9(6-7)14-11(16)13-8/h3-4,6H,1-2H2,(H2,13,14,16). The van der Waals surface area contributed by atoms with Gasteiger partial charge in [0.25, 0.3) is 0 Å². The zero-order chi connectivity index (χ0) is 11.5. The number of benzene rings is 1. The molecule has 2 aromatic rings. The van der Waals surface area contributed by atoms with E-state index in [4.69, 9.17) is 5.26 Å². The van der Waals surface area contributed by atoms with Crippen molar-refractivity contribution in [2.45, 2.75) is 12.8 Å². The van der Waals surface area contributed by atoms with E-state index < -0.39 is 0 Å². The molecule has 16 heavy (non-hydrogen) atoms. The number of H-pyrrole nitrogens is 2. The van der Waals surface area contributed by atoms with Gasteiger partial charge in [-0.3, -0.25) is 4.79 Å². The summed E-state index contributed by atoms with van der Waals surface area (Å²) in [5.41, 5.74) is 1.49. The molecule has 0 unspecified atom stereocenters. The molecular weight excluding hydrogens is 206 g/mol. The third-order valence-corrected chi connectivity index (χ3v) is 2.30. The Morgan fingerprint density at radius 1 is 1.31 bits per heavy atom. The molecule has 0 spiro atoms. The van der Waals surface area contributed by atoms with Crippen LogP contribution < -0.4 is 5.69 Å². The molecule has 0 aliphatic rings. The quantitative estimate of drug-likeness (QED) is 0.757.